The summed E-state index contributed by atoms with van der Waals surface area (Å²) in [5.74, 6) is 1.25. The molecule has 0 radical (unpaired) electrons. The minimum Gasteiger partial charge on any atom is -0.374 e. The number of hydrogen-bond donors (Lipinski definition) is 1. The van der Waals surface area contributed by atoms with Crippen molar-refractivity contribution in [3.05, 3.63) is 23.3 Å². The largest absolute Gasteiger partial charge is 0.374 e. The highest BCUT2D eigenvalue weighted by atomic mass is 16.5. The molecule has 1 saturated carbocycles. The maximum atomic E-state index is 12.8. The quantitative estimate of drug-likeness (QED) is 0.241. The van der Waals surface area contributed by atoms with Gasteiger partial charge in [-0.3, -0.25) is 4.79 Å². The van der Waals surface area contributed by atoms with Gasteiger partial charge >= 0.3 is 0 Å². The molecule has 0 saturated heterocycles. The lowest BCUT2D eigenvalue weighted by Gasteiger charge is -2.69. The summed E-state index contributed by atoms with van der Waals surface area (Å²) < 4.78 is 6.50. The number of methoxy groups -OCH3 is 1. The summed E-state index contributed by atoms with van der Waals surface area (Å²) in [7, 11) is 4.42. The van der Waals surface area contributed by atoms with Crippen molar-refractivity contribution in [3.63, 3.8) is 0 Å². The maximum Gasteiger partial charge on any atom is 0.134 e. The summed E-state index contributed by atoms with van der Waals surface area (Å²) in [6.45, 7) is 36.9. The Morgan fingerprint density at radius 3 is 1.98 bits per heavy atom. The summed E-state index contributed by atoms with van der Waals surface area (Å²) in [5.41, 5.74) is 9.14. The first-order chi connectivity index (χ1) is 18.7. The zero-order chi connectivity index (χ0) is 32.7. The number of hydrogen-bond acceptors (Lipinski definition) is 3. The van der Waals surface area contributed by atoms with Crippen LogP contribution in [0.5, 0.6) is 0 Å². The summed E-state index contributed by atoms with van der Waals surface area (Å²) in [6, 6.07) is 0. The van der Waals surface area contributed by atoms with Crippen LogP contribution < -0.4 is 5.73 Å². The van der Waals surface area contributed by atoms with Crippen LogP contribution >= 0.6 is 0 Å². The van der Waals surface area contributed by atoms with Gasteiger partial charge in [-0.2, -0.15) is 0 Å². The highest BCUT2D eigenvalue weighted by Crippen LogP contribution is 2.74. The third-order valence-electron chi connectivity index (χ3n) is 12.6. The number of carbonyl (C=O) groups is 1. The second kappa shape index (κ2) is 10.6. The van der Waals surface area contributed by atoms with Crippen molar-refractivity contribution in [2.45, 2.75) is 140 Å². The molecule has 2 N–H and O–H groups in total. The molecular weight excluding hydrogens is 513 g/mol. The number of rotatable bonds is 7. The number of carbonyl (C=O) groups excluding carboxylic acids is 1. The van der Waals surface area contributed by atoms with Gasteiger partial charge in [-0.15, -0.1) is 0 Å². The Labute approximate surface area is 262 Å². The van der Waals surface area contributed by atoms with Gasteiger partial charge in [0.25, 0.3) is 0 Å². The van der Waals surface area contributed by atoms with Crippen LogP contribution in [0.2, 0.25) is 5.31 Å². The van der Waals surface area contributed by atoms with E-state index in [0.717, 1.165) is 25.7 Å². The Morgan fingerprint density at radius 2 is 1.52 bits per heavy atom. The summed E-state index contributed by atoms with van der Waals surface area (Å²) in [4.78, 5) is 12.8. The van der Waals surface area contributed by atoms with Gasteiger partial charge in [0.1, 0.15) is 13.6 Å². The number of Topliss-reactive ketones (excluding diaryl/α,β-unsaturated/α-hetero) is 1. The fraction of sp³-hybridized carbons (Fsp3) is 0.868. The van der Waals surface area contributed by atoms with Crippen molar-refractivity contribution in [2.24, 2.45) is 61.9 Å². The summed E-state index contributed by atoms with van der Waals surface area (Å²) in [6.07, 6.45) is 9.41. The number of ketones is 1. The predicted molar refractivity (Wildman–Crippen MR) is 183 cm³/mol. The monoisotopic (exact) mass is 582 g/mol. The first-order valence-corrected chi connectivity index (χ1v) is 16.9. The summed E-state index contributed by atoms with van der Waals surface area (Å²) in [5, 5.41) is -0.0693. The molecule has 0 aromatic heterocycles. The predicted octanol–water partition coefficient (Wildman–Crippen LogP) is 8.83. The molecule has 0 bridgehead atoms. The molecule has 8 unspecified atom stereocenters. The minimum absolute atomic E-state index is 0.0288. The van der Waals surface area contributed by atoms with Crippen LogP contribution in [0.1, 0.15) is 130 Å². The lowest BCUT2D eigenvalue weighted by atomic mass is 9.34. The molecular formula is C38H68BNO2. The standard InChI is InChI=1S/C38H68BNO2/c1-24-17-18-35(12)28-27(24)38(15,42-16)20-19-36(28,13)29(31(3,4)5)33(8,9)22-34(10,11)30(35)37(14,39)23-32(6,7)26(21-40)25(2)41/h17-18,24,26,29-30H,19-23,39-40H2,1-16H3. The van der Waals surface area contributed by atoms with E-state index < -0.39 is 0 Å². The zero-order valence-electron chi connectivity index (χ0n) is 30.9. The fourth-order valence-electron chi connectivity index (χ4n) is 13.7. The summed E-state index contributed by atoms with van der Waals surface area (Å²) >= 11 is 0. The molecule has 3 nitrogen and oxygen atoms in total. The molecule has 8 atom stereocenters. The van der Waals surface area contributed by atoms with Crippen LogP contribution in [-0.2, 0) is 9.53 Å². The topological polar surface area (TPSA) is 52.3 Å². The minimum atomic E-state index is -0.274. The highest BCUT2D eigenvalue weighted by molar-refractivity contribution is 6.15. The molecule has 0 aliphatic heterocycles. The fourth-order valence-corrected chi connectivity index (χ4v) is 13.7. The van der Waals surface area contributed by atoms with Gasteiger partial charge in [0, 0.05) is 25.0 Å². The second-order valence-electron chi connectivity index (χ2n) is 19.5. The SMILES string of the molecule is BC(C)(CC(C)(C)C(CN)C(C)=O)C1C(C)(C)CC(C)(C)C(C(C)(C)C)C2(C)CCC(C)(OC)C3=C2C1(C)C=CC3C. The molecule has 240 valence electrons. The van der Waals surface area contributed by atoms with E-state index in [4.69, 9.17) is 10.5 Å². The smallest absolute Gasteiger partial charge is 0.134 e. The molecule has 1 fully saturated rings. The normalized spacial score (nSPS) is 38.6. The van der Waals surface area contributed by atoms with E-state index in [-0.39, 0.29) is 55.1 Å². The molecule has 3 aliphatic carbocycles. The van der Waals surface area contributed by atoms with Gasteiger partial charge in [-0.05, 0) is 89.9 Å². The van der Waals surface area contributed by atoms with Crippen molar-refractivity contribution in [2.75, 3.05) is 13.7 Å². The van der Waals surface area contributed by atoms with Gasteiger partial charge in [0.2, 0.25) is 0 Å². The molecule has 0 aromatic carbocycles. The van der Waals surface area contributed by atoms with E-state index in [9.17, 15) is 4.79 Å². The third kappa shape index (κ3) is 5.56. The van der Waals surface area contributed by atoms with Crippen LogP contribution in [0, 0.1) is 56.2 Å². The van der Waals surface area contributed by atoms with E-state index in [0.29, 0.717) is 24.3 Å². The lowest BCUT2D eigenvalue weighted by molar-refractivity contribution is -0.125. The van der Waals surface area contributed by atoms with Gasteiger partial charge < -0.3 is 10.5 Å². The van der Waals surface area contributed by atoms with Crippen LogP contribution in [0.15, 0.2) is 23.3 Å². The Balaban J connectivity index is 2.48. The second-order valence-corrected chi connectivity index (χ2v) is 19.5. The van der Waals surface area contributed by atoms with Crippen LogP contribution in [0.25, 0.3) is 0 Å². The molecule has 3 rings (SSSR count). The molecule has 4 heteroatoms. The van der Waals surface area contributed by atoms with Crippen molar-refractivity contribution < 1.29 is 9.53 Å². The number of nitrogens with two attached hydrogens (primary N) is 1. The van der Waals surface area contributed by atoms with Crippen molar-refractivity contribution in [1.82, 2.24) is 0 Å². The number of ether oxygens (including phenoxy) is 1. The maximum absolute atomic E-state index is 12.8. The third-order valence-corrected chi connectivity index (χ3v) is 12.6. The van der Waals surface area contributed by atoms with Crippen LogP contribution in [0.3, 0.4) is 0 Å². The molecule has 0 aromatic rings. The number of allylic oxidation sites excluding steroid dienone is 3. The first kappa shape index (κ1) is 35.6. The Bertz CT molecular complexity index is 1120. The molecule has 3 aliphatic rings. The molecule has 42 heavy (non-hydrogen) atoms. The van der Waals surface area contributed by atoms with E-state index in [1.807, 2.05) is 7.11 Å². The van der Waals surface area contributed by atoms with Crippen LogP contribution in [0.4, 0.5) is 0 Å². The Hall–Kier alpha value is -0.865. The van der Waals surface area contributed by atoms with Gasteiger partial charge in [-0.25, -0.2) is 0 Å². The zero-order valence-corrected chi connectivity index (χ0v) is 30.9. The molecule has 0 amide bonds. The van der Waals surface area contributed by atoms with E-state index in [1.165, 1.54) is 5.57 Å². The van der Waals surface area contributed by atoms with Crippen LogP contribution in [-0.4, -0.2) is 32.9 Å². The van der Waals surface area contributed by atoms with E-state index in [1.54, 1.807) is 12.5 Å². The molecule has 0 spiro atoms. The Morgan fingerprint density at radius 1 is 1.00 bits per heavy atom. The lowest BCUT2D eigenvalue weighted by Crippen LogP contribution is -2.61. The van der Waals surface area contributed by atoms with E-state index in [2.05, 4.69) is 117 Å². The van der Waals surface area contributed by atoms with Gasteiger partial charge in [0.05, 0.1) is 5.60 Å². The first-order valence-electron chi connectivity index (χ1n) is 16.9. The van der Waals surface area contributed by atoms with Crippen molar-refractivity contribution in [3.8, 4) is 0 Å². The molecule has 0 heterocycles. The average molecular weight is 582 g/mol. The van der Waals surface area contributed by atoms with Gasteiger partial charge in [-0.1, -0.05) is 113 Å². The average Bonchev–Trinajstić information content (AvgIpc) is 2.74. The van der Waals surface area contributed by atoms with Gasteiger partial charge in [0.15, 0.2) is 0 Å². The van der Waals surface area contributed by atoms with Crippen molar-refractivity contribution >= 4 is 13.6 Å². The van der Waals surface area contributed by atoms with E-state index >= 15 is 0 Å². The highest BCUT2D eigenvalue weighted by Gasteiger charge is 2.66. The Kier molecular flexibility index (Phi) is 8.99. The van der Waals surface area contributed by atoms with Crippen molar-refractivity contribution in [1.29, 1.82) is 0 Å².